The number of nitrogens with zero attached hydrogens (tertiary/aromatic N) is 1. The number of nitro benzene ring substituents is 1. The molecule has 0 aromatic heterocycles. The van der Waals surface area contributed by atoms with E-state index in [-0.39, 0.29) is 17.9 Å². The van der Waals surface area contributed by atoms with Crippen LogP contribution in [0.1, 0.15) is 26.3 Å². The predicted octanol–water partition coefficient (Wildman–Crippen LogP) is 2.76. The third-order valence-corrected chi connectivity index (χ3v) is 2.83. The van der Waals surface area contributed by atoms with Gasteiger partial charge in [0.05, 0.1) is 16.1 Å². The van der Waals surface area contributed by atoms with Crippen LogP contribution in [0.5, 0.6) is 0 Å². The maximum absolute atomic E-state index is 11.8. The molecule has 0 fully saturated rings. The molecule has 0 unspecified atom stereocenters. The number of carbonyl (C=O) groups excluding carboxylic acids is 2. The van der Waals surface area contributed by atoms with Crippen LogP contribution in [0.25, 0.3) is 0 Å². The highest BCUT2D eigenvalue weighted by Crippen LogP contribution is 2.19. The predicted molar refractivity (Wildman–Crippen MR) is 74.0 cm³/mol. The van der Waals surface area contributed by atoms with Crippen LogP contribution in [-0.4, -0.2) is 17.2 Å². The second-order valence-electron chi connectivity index (χ2n) is 4.20. The lowest BCUT2D eigenvalue weighted by atomic mass is 10.1. The molecule has 2 aromatic carbocycles. The molecule has 0 heterocycles. The first kappa shape index (κ1) is 14.4. The number of ether oxygens (including phenoxy) is 1. The second kappa shape index (κ2) is 6.42. The molecule has 0 aliphatic rings. The molecule has 0 saturated carbocycles. The molecule has 106 valence electrons. The van der Waals surface area contributed by atoms with Crippen molar-refractivity contribution in [2.75, 3.05) is 0 Å². The molecule has 2 rings (SSSR count). The average molecular weight is 285 g/mol. The number of hydrogen-bond acceptors (Lipinski definition) is 5. The van der Waals surface area contributed by atoms with Gasteiger partial charge in [0.25, 0.3) is 5.69 Å². The summed E-state index contributed by atoms with van der Waals surface area (Å²) in [7, 11) is 0. The lowest BCUT2D eigenvalue weighted by Crippen LogP contribution is -2.06. The molecular weight excluding hydrogens is 274 g/mol. The number of aldehydes is 1. The van der Waals surface area contributed by atoms with E-state index < -0.39 is 10.9 Å². The zero-order chi connectivity index (χ0) is 15.2. The molecule has 6 heteroatoms. The van der Waals surface area contributed by atoms with Crippen molar-refractivity contribution < 1.29 is 19.2 Å². The Morgan fingerprint density at radius 1 is 1.14 bits per heavy atom. The van der Waals surface area contributed by atoms with Crippen LogP contribution in [-0.2, 0) is 11.3 Å². The fourth-order valence-corrected chi connectivity index (χ4v) is 1.74. The molecule has 0 aliphatic carbocycles. The van der Waals surface area contributed by atoms with Crippen molar-refractivity contribution in [3.63, 3.8) is 0 Å². The standard InChI is InChI=1S/C15H11NO5/c17-9-11-5-7-12(8-6-11)15(18)21-10-13-3-1-2-4-14(13)16(19)20/h1-9H,10H2. The normalized spacial score (nSPS) is 9.90. The summed E-state index contributed by atoms with van der Waals surface area (Å²) >= 11 is 0. The smallest absolute Gasteiger partial charge is 0.338 e. The lowest BCUT2D eigenvalue weighted by molar-refractivity contribution is -0.385. The molecule has 0 bridgehead atoms. The first-order chi connectivity index (χ1) is 10.1. The number of hydrogen-bond donors (Lipinski definition) is 0. The van der Waals surface area contributed by atoms with Crippen LogP contribution in [0, 0.1) is 10.1 Å². The SMILES string of the molecule is O=Cc1ccc(C(=O)OCc2ccccc2[N+](=O)[O-])cc1. The summed E-state index contributed by atoms with van der Waals surface area (Å²) in [6.07, 6.45) is 0.669. The molecule has 6 nitrogen and oxygen atoms in total. The summed E-state index contributed by atoms with van der Waals surface area (Å²) in [6, 6.07) is 12.0. The van der Waals surface area contributed by atoms with Gasteiger partial charge in [0.1, 0.15) is 12.9 Å². The Morgan fingerprint density at radius 2 is 1.81 bits per heavy atom. The molecule has 21 heavy (non-hydrogen) atoms. The fourth-order valence-electron chi connectivity index (χ4n) is 1.74. The number of rotatable bonds is 5. The van der Waals surface area contributed by atoms with Crippen molar-refractivity contribution >= 4 is 17.9 Å². The number of benzene rings is 2. The van der Waals surface area contributed by atoms with Crippen LogP contribution in [0.15, 0.2) is 48.5 Å². The Hall–Kier alpha value is -3.02. The van der Waals surface area contributed by atoms with Crippen LogP contribution in [0.3, 0.4) is 0 Å². The summed E-state index contributed by atoms with van der Waals surface area (Å²) < 4.78 is 5.05. The minimum absolute atomic E-state index is 0.0957. The van der Waals surface area contributed by atoms with E-state index in [1.165, 1.54) is 36.4 Å². The largest absolute Gasteiger partial charge is 0.457 e. The van der Waals surface area contributed by atoms with Crippen molar-refractivity contribution in [3.8, 4) is 0 Å². The Balaban J connectivity index is 2.07. The van der Waals surface area contributed by atoms with E-state index in [0.717, 1.165) is 0 Å². The Labute approximate surface area is 120 Å². The van der Waals surface area contributed by atoms with Gasteiger partial charge in [0.2, 0.25) is 0 Å². The lowest BCUT2D eigenvalue weighted by Gasteiger charge is -2.05. The topological polar surface area (TPSA) is 86.5 Å². The Bertz CT molecular complexity index is 679. The van der Waals surface area contributed by atoms with Gasteiger partial charge in [-0.15, -0.1) is 0 Å². The van der Waals surface area contributed by atoms with E-state index >= 15 is 0 Å². The van der Waals surface area contributed by atoms with Crippen molar-refractivity contribution in [3.05, 3.63) is 75.3 Å². The summed E-state index contributed by atoms with van der Waals surface area (Å²) in [5.74, 6) is -0.606. The fraction of sp³-hybridized carbons (Fsp3) is 0.0667. The Kier molecular flexibility index (Phi) is 4.40. The minimum Gasteiger partial charge on any atom is -0.457 e. The van der Waals surface area contributed by atoms with E-state index in [1.54, 1.807) is 12.1 Å². The maximum Gasteiger partial charge on any atom is 0.338 e. The molecule has 0 saturated heterocycles. The molecule has 0 N–H and O–H groups in total. The van der Waals surface area contributed by atoms with E-state index in [4.69, 9.17) is 4.74 Å². The molecular formula is C15H11NO5. The monoisotopic (exact) mass is 285 g/mol. The second-order valence-corrected chi connectivity index (χ2v) is 4.20. The Morgan fingerprint density at radius 3 is 2.43 bits per heavy atom. The van der Waals surface area contributed by atoms with E-state index in [0.29, 0.717) is 17.4 Å². The molecule has 0 aliphatic heterocycles. The highest BCUT2D eigenvalue weighted by Gasteiger charge is 2.14. The number of carbonyl (C=O) groups is 2. The third-order valence-electron chi connectivity index (χ3n) is 2.83. The number of nitro groups is 1. The molecule has 0 spiro atoms. The zero-order valence-corrected chi connectivity index (χ0v) is 10.9. The van der Waals surface area contributed by atoms with Gasteiger partial charge in [-0.25, -0.2) is 4.79 Å². The van der Waals surface area contributed by atoms with Crippen LogP contribution in [0.2, 0.25) is 0 Å². The van der Waals surface area contributed by atoms with E-state index in [1.807, 2.05) is 0 Å². The van der Waals surface area contributed by atoms with Crippen molar-refractivity contribution in [1.29, 1.82) is 0 Å². The van der Waals surface area contributed by atoms with Gasteiger partial charge < -0.3 is 4.74 Å². The van der Waals surface area contributed by atoms with Crippen LogP contribution >= 0.6 is 0 Å². The van der Waals surface area contributed by atoms with Gasteiger partial charge in [-0.05, 0) is 18.2 Å². The van der Waals surface area contributed by atoms with Crippen LogP contribution in [0.4, 0.5) is 5.69 Å². The van der Waals surface area contributed by atoms with Crippen molar-refractivity contribution in [2.24, 2.45) is 0 Å². The van der Waals surface area contributed by atoms with Gasteiger partial charge in [-0.3, -0.25) is 14.9 Å². The van der Waals surface area contributed by atoms with Gasteiger partial charge in [-0.1, -0.05) is 24.3 Å². The van der Waals surface area contributed by atoms with Gasteiger partial charge in [0.15, 0.2) is 0 Å². The molecule has 0 atom stereocenters. The van der Waals surface area contributed by atoms with Crippen molar-refractivity contribution in [1.82, 2.24) is 0 Å². The first-order valence-electron chi connectivity index (χ1n) is 6.06. The average Bonchev–Trinajstić information content (AvgIpc) is 2.52. The summed E-state index contributed by atoms with van der Waals surface area (Å²) in [6.45, 7) is -0.189. The van der Waals surface area contributed by atoms with E-state index in [2.05, 4.69) is 0 Å². The summed E-state index contributed by atoms with van der Waals surface area (Å²) in [4.78, 5) is 32.7. The summed E-state index contributed by atoms with van der Waals surface area (Å²) in [5, 5.41) is 10.8. The summed E-state index contributed by atoms with van der Waals surface area (Å²) in [5.41, 5.74) is 0.950. The van der Waals surface area contributed by atoms with Crippen LogP contribution < -0.4 is 0 Å². The van der Waals surface area contributed by atoms with Gasteiger partial charge in [0, 0.05) is 11.6 Å². The van der Waals surface area contributed by atoms with Gasteiger partial charge in [-0.2, -0.15) is 0 Å². The van der Waals surface area contributed by atoms with E-state index in [9.17, 15) is 19.7 Å². The van der Waals surface area contributed by atoms with Gasteiger partial charge >= 0.3 is 5.97 Å². The minimum atomic E-state index is -0.606. The molecule has 0 radical (unpaired) electrons. The maximum atomic E-state index is 11.8. The number of para-hydroxylation sites is 1. The first-order valence-corrected chi connectivity index (χ1v) is 6.06. The highest BCUT2D eigenvalue weighted by atomic mass is 16.6. The molecule has 0 amide bonds. The molecule has 2 aromatic rings. The number of esters is 1. The zero-order valence-electron chi connectivity index (χ0n) is 10.9. The third kappa shape index (κ3) is 3.50. The quantitative estimate of drug-likeness (QED) is 0.365. The highest BCUT2D eigenvalue weighted by molar-refractivity contribution is 5.90. The van der Waals surface area contributed by atoms with Crippen molar-refractivity contribution in [2.45, 2.75) is 6.61 Å².